The molecule has 4 atom stereocenters. The smallest absolute Gasteiger partial charge is 0.114 e. The lowest BCUT2D eigenvalue weighted by atomic mass is 10.0. The van der Waals surface area contributed by atoms with E-state index < -0.39 is 12.2 Å². The lowest BCUT2D eigenvalue weighted by Gasteiger charge is -2.34. The van der Waals surface area contributed by atoms with Crippen LogP contribution in [0.2, 0.25) is 0 Å². The highest BCUT2D eigenvalue weighted by molar-refractivity contribution is 4.84. The zero-order valence-corrected chi connectivity index (χ0v) is 11.2. The van der Waals surface area contributed by atoms with Crippen molar-refractivity contribution in [2.45, 2.75) is 24.4 Å². The molecule has 0 aromatic rings. The van der Waals surface area contributed by atoms with Crippen molar-refractivity contribution in [2.24, 2.45) is 0 Å². The summed E-state index contributed by atoms with van der Waals surface area (Å²) in [5.41, 5.74) is 0. The molecule has 0 aliphatic carbocycles. The highest BCUT2D eigenvalue weighted by Gasteiger charge is 2.35. The molecule has 0 saturated carbocycles. The van der Waals surface area contributed by atoms with Gasteiger partial charge in [-0.1, -0.05) is 0 Å². The number of aliphatic hydroxyl groups is 1. The van der Waals surface area contributed by atoms with Crippen LogP contribution in [0.4, 0.5) is 0 Å². The first kappa shape index (κ1) is 16.8. The van der Waals surface area contributed by atoms with Gasteiger partial charge in [-0.2, -0.15) is 0 Å². The number of rotatable bonds is 10. The van der Waals surface area contributed by atoms with Crippen LogP contribution < -0.4 is 0 Å². The highest BCUT2D eigenvalue weighted by atomic mass is 16.6. The van der Waals surface area contributed by atoms with Crippen LogP contribution in [0.5, 0.6) is 0 Å². The lowest BCUT2D eigenvalue weighted by molar-refractivity contribution is -0.164. The Morgan fingerprint density at radius 3 is 1.53 bits per heavy atom. The van der Waals surface area contributed by atoms with Crippen molar-refractivity contribution in [3.63, 3.8) is 0 Å². The molecule has 0 spiro atoms. The Morgan fingerprint density at radius 2 is 1.24 bits per heavy atom. The molecule has 0 rings (SSSR count). The molecule has 0 heterocycles. The van der Waals surface area contributed by atoms with E-state index in [1.54, 1.807) is 21.3 Å². The summed E-state index contributed by atoms with van der Waals surface area (Å²) in [4.78, 5) is 0. The van der Waals surface area contributed by atoms with Gasteiger partial charge in [0.2, 0.25) is 0 Å². The summed E-state index contributed by atoms with van der Waals surface area (Å²) in [5.74, 6) is 0. The maximum absolute atomic E-state index is 9.22. The molecule has 0 bridgehead atoms. The Morgan fingerprint density at radius 1 is 0.765 bits per heavy atom. The van der Waals surface area contributed by atoms with Crippen LogP contribution in [0.25, 0.3) is 0 Å². The predicted molar refractivity (Wildman–Crippen MR) is 62.1 cm³/mol. The molecule has 1 N–H and O–H groups in total. The first-order chi connectivity index (χ1) is 8.19. The van der Waals surface area contributed by atoms with Crippen molar-refractivity contribution < 1.29 is 28.8 Å². The SMILES string of the molecule is COC[C@H](OC)[C@@H](OC)[C@H](OC)[C@@H](CO)OC. The number of ether oxygens (including phenoxy) is 5. The Bertz CT molecular complexity index is 173. The Balaban J connectivity index is 4.76. The Labute approximate surface area is 103 Å². The highest BCUT2D eigenvalue weighted by Crippen LogP contribution is 2.16. The standard InChI is InChI=1S/C11H24O6/c1-13-7-9(15-3)11(17-5)10(16-4)8(6-12)14-2/h8-12H,6-7H2,1-5H3/t8-,9+,10-,11-/m1/s1. The third kappa shape index (κ3) is 4.87. The minimum atomic E-state index is -0.473. The molecule has 0 radical (unpaired) electrons. The topological polar surface area (TPSA) is 66.4 Å². The zero-order valence-electron chi connectivity index (χ0n) is 11.2. The van der Waals surface area contributed by atoms with E-state index in [1.807, 2.05) is 0 Å². The van der Waals surface area contributed by atoms with Crippen LogP contribution in [0, 0.1) is 0 Å². The number of hydrogen-bond acceptors (Lipinski definition) is 6. The first-order valence-electron chi connectivity index (χ1n) is 5.41. The van der Waals surface area contributed by atoms with Gasteiger partial charge in [0.1, 0.15) is 24.4 Å². The molecule has 0 aromatic carbocycles. The van der Waals surface area contributed by atoms with Crippen LogP contribution in [0.3, 0.4) is 0 Å². The molecule has 17 heavy (non-hydrogen) atoms. The first-order valence-corrected chi connectivity index (χ1v) is 5.41. The van der Waals surface area contributed by atoms with Crippen molar-refractivity contribution in [2.75, 3.05) is 48.8 Å². The minimum Gasteiger partial charge on any atom is -0.394 e. The van der Waals surface area contributed by atoms with Crippen LogP contribution in [0.15, 0.2) is 0 Å². The molecule has 0 amide bonds. The summed E-state index contributed by atoms with van der Waals surface area (Å²) < 4.78 is 26.2. The summed E-state index contributed by atoms with van der Waals surface area (Å²) in [5, 5.41) is 9.22. The van der Waals surface area contributed by atoms with Gasteiger partial charge in [0.05, 0.1) is 13.2 Å². The zero-order chi connectivity index (χ0) is 13.3. The summed E-state index contributed by atoms with van der Waals surface area (Å²) in [6.45, 7) is 0.217. The second kappa shape index (κ2) is 9.76. The predicted octanol–water partition coefficient (Wildman–Crippen LogP) is -0.315. The van der Waals surface area contributed by atoms with E-state index in [9.17, 15) is 5.11 Å². The number of hydrogen-bond donors (Lipinski definition) is 1. The van der Waals surface area contributed by atoms with Gasteiger partial charge >= 0.3 is 0 Å². The fourth-order valence-electron chi connectivity index (χ4n) is 1.77. The summed E-state index contributed by atoms with van der Waals surface area (Å²) in [7, 11) is 7.77. The fraction of sp³-hybridized carbons (Fsp3) is 1.00. The van der Waals surface area contributed by atoms with Crippen molar-refractivity contribution in [1.29, 1.82) is 0 Å². The summed E-state index contributed by atoms with van der Waals surface area (Å²) >= 11 is 0. The third-order valence-corrected chi connectivity index (χ3v) is 2.72. The van der Waals surface area contributed by atoms with E-state index in [-0.39, 0.29) is 18.8 Å². The van der Waals surface area contributed by atoms with E-state index >= 15 is 0 Å². The average Bonchev–Trinajstić information content (AvgIpc) is 2.37. The molecule has 0 aliphatic rings. The van der Waals surface area contributed by atoms with Crippen LogP contribution in [0.1, 0.15) is 0 Å². The van der Waals surface area contributed by atoms with Crippen molar-refractivity contribution in [1.82, 2.24) is 0 Å². The maximum atomic E-state index is 9.22. The quantitative estimate of drug-likeness (QED) is 0.575. The minimum absolute atomic E-state index is 0.154. The van der Waals surface area contributed by atoms with E-state index in [4.69, 9.17) is 23.7 Å². The summed E-state index contributed by atoms with van der Waals surface area (Å²) in [6.07, 6.45) is -1.59. The molecule has 0 unspecified atom stereocenters. The molecule has 0 aromatic heterocycles. The van der Waals surface area contributed by atoms with Gasteiger partial charge < -0.3 is 28.8 Å². The molecule has 6 nitrogen and oxygen atoms in total. The van der Waals surface area contributed by atoms with Gasteiger partial charge in [-0.05, 0) is 0 Å². The average molecular weight is 252 g/mol. The van der Waals surface area contributed by atoms with E-state index in [2.05, 4.69) is 0 Å². The third-order valence-electron chi connectivity index (χ3n) is 2.72. The van der Waals surface area contributed by atoms with Crippen LogP contribution >= 0.6 is 0 Å². The Kier molecular flexibility index (Phi) is 9.62. The van der Waals surface area contributed by atoms with E-state index in [1.165, 1.54) is 14.2 Å². The molecular formula is C11H24O6. The molecule has 6 heteroatoms. The molecule has 0 aliphatic heterocycles. The molecule has 104 valence electrons. The second-order valence-corrected chi connectivity index (χ2v) is 3.59. The van der Waals surface area contributed by atoms with Gasteiger partial charge in [-0.3, -0.25) is 0 Å². The van der Waals surface area contributed by atoms with Crippen molar-refractivity contribution in [3.05, 3.63) is 0 Å². The summed E-state index contributed by atoms with van der Waals surface area (Å²) in [6, 6.07) is 0. The van der Waals surface area contributed by atoms with E-state index in [0.717, 1.165) is 0 Å². The fourth-order valence-corrected chi connectivity index (χ4v) is 1.77. The van der Waals surface area contributed by atoms with Gasteiger partial charge in [-0.15, -0.1) is 0 Å². The molecule has 0 fully saturated rings. The maximum Gasteiger partial charge on any atom is 0.114 e. The molecular weight excluding hydrogens is 228 g/mol. The van der Waals surface area contributed by atoms with Gasteiger partial charge in [0.15, 0.2) is 0 Å². The second-order valence-electron chi connectivity index (χ2n) is 3.59. The normalized spacial score (nSPS) is 18.7. The Hall–Kier alpha value is -0.240. The van der Waals surface area contributed by atoms with Crippen LogP contribution in [-0.2, 0) is 23.7 Å². The van der Waals surface area contributed by atoms with Crippen molar-refractivity contribution >= 4 is 0 Å². The van der Waals surface area contributed by atoms with Crippen molar-refractivity contribution in [3.8, 4) is 0 Å². The largest absolute Gasteiger partial charge is 0.394 e. The number of aliphatic hydroxyl groups excluding tert-OH is 1. The van der Waals surface area contributed by atoms with Gasteiger partial charge in [-0.25, -0.2) is 0 Å². The van der Waals surface area contributed by atoms with Gasteiger partial charge in [0, 0.05) is 35.5 Å². The lowest BCUT2D eigenvalue weighted by Crippen LogP contribution is -2.50. The van der Waals surface area contributed by atoms with E-state index in [0.29, 0.717) is 6.61 Å². The van der Waals surface area contributed by atoms with Crippen LogP contribution in [-0.4, -0.2) is 78.3 Å². The van der Waals surface area contributed by atoms with Gasteiger partial charge in [0.25, 0.3) is 0 Å². The number of methoxy groups -OCH3 is 5. The monoisotopic (exact) mass is 252 g/mol. The molecule has 0 saturated heterocycles.